The Bertz CT molecular complexity index is 687. The van der Waals surface area contributed by atoms with Gasteiger partial charge in [0.25, 0.3) is 5.91 Å². The van der Waals surface area contributed by atoms with Gasteiger partial charge in [-0.15, -0.1) is 0 Å². The molecule has 2 aromatic rings. The predicted octanol–water partition coefficient (Wildman–Crippen LogP) is 1.28. The highest BCUT2D eigenvalue weighted by Gasteiger charge is 2.17. The molecule has 0 radical (unpaired) electrons. The summed E-state index contributed by atoms with van der Waals surface area (Å²) in [5.74, 6) is 0.957. The fourth-order valence-electron chi connectivity index (χ4n) is 2.49. The molecule has 24 heavy (non-hydrogen) atoms. The maximum atomic E-state index is 12.0. The molecular formula is C17H21N5O2. The monoisotopic (exact) mass is 327 g/mol. The van der Waals surface area contributed by atoms with Crippen LogP contribution in [0.15, 0.2) is 36.4 Å². The van der Waals surface area contributed by atoms with Gasteiger partial charge in [0.2, 0.25) is 5.95 Å². The van der Waals surface area contributed by atoms with Gasteiger partial charge in [-0.1, -0.05) is 30.3 Å². The molecule has 0 atom stereocenters. The Labute approximate surface area is 141 Å². The van der Waals surface area contributed by atoms with Gasteiger partial charge in [-0.05, 0) is 5.56 Å². The first-order valence-corrected chi connectivity index (χ1v) is 7.98. The van der Waals surface area contributed by atoms with Crippen LogP contribution in [0.2, 0.25) is 0 Å². The molecule has 0 saturated carbocycles. The lowest BCUT2D eigenvalue weighted by atomic mass is 10.2. The van der Waals surface area contributed by atoms with E-state index in [2.05, 4.69) is 25.5 Å². The van der Waals surface area contributed by atoms with Crippen molar-refractivity contribution < 1.29 is 9.53 Å². The van der Waals surface area contributed by atoms with E-state index in [1.165, 1.54) is 0 Å². The van der Waals surface area contributed by atoms with Crippen molar-refractivity contribution in [1.82, 2.24) is 15.3 Å². The van der Waals surface area contributed by atoms with Crippen LogP contribution in [0.25, 0.3) is 0 Å². The van der Waals surface area contributed by atoms with Crippen molar-refractivity contribution in [3.05, 3.63) is 47.7 Å². The third-order valence-corrected chi connectivity index (χ3v) is 3.80. The maximum absolute atomic E-state index is 12.0. The quantitative estimate of drug-likeness (QED) is 0.861. The molecule has 2 N–H and O–H groups in total. The van der Waals surface area contributed by atoms with E-state index in [0.29, 0.717) is 31.4 Å². The standard InChI is InChI=1S/C17H21N5O2/c1-18-16(23)14-11-15(22-7-9-24-10-8-22)21-17(20-14)19-12-13-5-3-2-4-6-13/h2-6,11H,7-10,12H2,1H3,(H,18,23)(H,19,20,21). The molecule has 0 spiro atoms. The van der Waals surface area contributed by atoms with Gasteiger partial charge in [0.15, 0.2) is 0 Å². The van der Waals surface area contributed by atoms with Gasteiger partial charge in [0.05, 0.1) is 13.2 Å². The number of rotatable bonds is 5. The summed E-state index contributed by atoms with van der Waals surface area (Å²) < 4.78 is 5.38. The second kappa shape index (κ2) is 7.74. The highest BCUT2D eigenvalue weighted by molar-refractivity contribution is 5.93. The van der Waals surface area contributed by atoms with E-state index in [1.807, 2.05) is 30.3 Å². The number of morpholine rings is 1. The Morgan fingerprint density at radius 3 is 2.67 bits per heavy atom. The molecule has 7 nitrogen and oxygen atoms in total. The number of carbonyl (C=O) groups is 1. The van der Waals surface area contributed by atoms with Gasteiger partial charge in [-0.2, -0.15) is 4.98 Å². The molecule has 2 heterocycles. The summed E-state index contributed by atoms with van der Waals surface area (Å²) in [5, 5.41) is 5.81. The van der Waals surface area contributed by atoms with Crippen molar-refractivity contribution in [3.63, 3.8) is 0 Å². The van der Waals surface area contributed by atoms with Crippen LogP contribution in [0.4, 0.5) is 11.8 Å². The Balaban J connectivity index is 1.82. The SMILES string of the molecule is CNC(=O)c1cc(N2CCOCC2)nc(NCc2ccccc2)n1. The van der Waals surface area contributed by atoms with Gasteiger partial charge in [0, 0.05) is 32.7 Å². The number of amides is 1. The first-order valence-electron chi connectivity index (χ1n) is 7.98. The lowest BCUT2D eigenvalue weighted by Gasteiger charge is -2.28. The van der Waals surface area contributed by atoms with Gasteiger partial charge in [0.1, 0.15) is 11.5 Å². The number of hydrogen-bond acceptors (Lipinski definition) is 6. The number of carbonyl (C=O) groups excluding carboxylic acids is 1. The molecule has 1 amide bonds. The van der Waals surface area contributed by atoms with Crippen molar-refractivity contribution >= 4 is 17.7 Å². The Kier molecular flexibility index (Phi) is 5.22. The highest BCUT2D eigenvalue weighted by atomic mass is 16.5. The molecule has 1 aromatic carbocycles. The summed E-state index contributed by atoms with van der Waals surface area (Å²) in [6, 6.07) is 11.7. The minimum atomic E-state index is -0.227. The zero-order valence-electron chi connectivity index (χ0n) is 13.7. The van der Waals surface area contributed by atoms with Crippen molar-refractivity contribution in [2.45, 2.75) is 6.54 Å². The molecule has 1 aliphatic heterocycles. The fraction of sp³-hybridized carbons (Fsp3) is 0.353. The minimum absolute atomic E-state index is 0.227. The summed E-state index contributed by atoms with van der Waals surface area (Å²) in [4.78, 5) is 23.0. The lowest BCUT2D eigenvalue weighted by molar-refractivity contribution is 0.0958. The second-order valence-electron chi connectivity index (χ2n) is 5.45. The second-order valence-corrected chi connectivity index (χ2v) is 5.45. The van der Waals surface area contributed by atoms with Crippen LogP contribution < -0.4 is 15.5 Å². The molecule has 1 aliphatic rings. The van der Waals surface area contributed by atoms with E-state index >= 15 is 0 Å². The van der Waals surface area contributed by atoms with Crippen molar-refractivity contribution in [3.8, 4) is 0 Å². The summed E-state index contributed by atoms with van der Waals surface area (Å²) in [6.07, 6.45) is 0. The zero-order chi connectivity index (χ0) is 16.8. The first-order chi connectivity index (χ1) is 11.8. The van der Waals surface area contributed by atoms with Crippen LogP contribution in [-0.4, -0.2) is 49.2 Å². The predicted molar refractivity (Wildman–Crippen MR) is 92.2 cm³/mol. The number of nitrogens with zero attached hydrogens (tertiary/aromatic N) is 3. The average Bonchev–Trinajstić information content (AvgIpc) is 2.67. The molecule has 1 aromatic heterocycles. The van der Waals surface area contributed by atoms with E-state index in [9.17, 15) is 4.79 Å². The summed E-state index contributed by atoms with van der Waals surface area (Å²) in [5.41, 5.74) is 1.48. The molecular weight excluding hydrogens is 306 g/mol. The summed E-state index contributed by atoms with van der Waals surface area (Å²) in [7, 11) is 1.59. The van der Waals surface area contributed by atoms with Crippen LogP contribution >= 0.6 is 0 Å². The van der Waals surface area contributed by atoms with Crippen LogP contribution in [-0.2, 0) is 11.3 Å². The van der Waals surface area contributed by atoms with E-state index in [-0.39, 0.29) is 5.91 Å². The number of hydrogen-bond donors (Lipinski definition) is 2. The summed E-state index contributed by atoms with van der Waals surface area (Å²) >= 11 is 0. The van der Waals surface area contributed by atoms with Crippen LogP contribution in [0.5, 0.6) is 0 Å². The Hall–Kier alpha value is -2.67. The molecule has 7 heteroatoms. The third-order valence-electron chi connectivity index (χ3n) is 3.80. The number of benzene rings is 1. The number of nitrogens with one attached hydrogen (secondary N) is 2. The lowest BCUT2D eigenvalue weighted by Crippen LogP contribution is -2.37. The molecule has 0 aliphatic carbocycles. The van der Waals surface area contributed by atoms with Gasteiger partial charge < -0.3 is 20.3 Å². The maximum Gasteiger partial charge on any atom is 0.269 e. The highest BCUT2D eigenvalue weighted by Crippen LogP contribution is 2.17. The van der Waals surface area contributed by atoms with E-state index in [0.717, 1.165) is 24.5 Å². The largest absolute Gasteiger partial charge is 0.378 e. The topological polar surface area (TPSA) is 79.4 Å². The Morgan fingerprint density at radius 1 is 1.21 bits per heavy atom. The van der Waals surface area contributed by atoms with Crippen LogP contribution in [0, 0.1) is 0 Å². The minimum Gasteiger partial charge on any atom is -0.378 e. The van der Waals surface area contributed by atoms with Crippen LogP contribution in [0.1, 0.15) is 16.1 Å². The van der Waals surface area contributed by atoms with Crippen molar-refractivity contribution in [2.75, 3.05) is 43.6 Å². The van der Waals surface area contributed by atoms with E-state index in [1.54, 1.807) is 13.1 Å². The van der Waals surface area contributed by atoms with Crippen LogP contribution in [0.3, 0.4) is 0 Å². The third kappa shape index (κ3) is 3.99. The first kappa shape index (κ1) is 16.2. The fourth-order valence-corrected chi connectivity index (χ4v) is 2.49. The molecule has 0 bridgehead atoms. The summed E-state index contributed by atoms with van der Waals surface area (Å²) in [6.45, 7) is 3.42. The molecule has 1 fully saturated rings. The molecule has 3 rings (SSSR count). The van der Waals surface area contributed by atoms with E-state index < -0.39 is 0 Å². The van der Waals surface area contributed by atoms with Gasteiger partial charge in [-0.25, -0.2) is 4.98 Å². The smallest absolute Gasteiger partial charge is 0.269 e. The van der Waals surface area contributed by atoms with Gasteiger partial charge >= 0.3 is 0 Å². The molecule has 1 saturated heterocycles. The number of anilines is 2. The normalized spacial score (nSPS) is 14.3. The Morgan fingerprint density at radius 2 is 1.96 bits per heavy atom. The molecule has 0 unspecified atom stereocenters. The number of ether oxygens (including phenoxy) is 1. The van der Waals surface area contributed by atoms with Gasteiger partial charge in [-0.3, -0.25) is 4.79 Å². The zero-order valence-corrected chi connectivity index (χ0v) is 13.7. The van der Waals surface area contributed by atoms with Crippen molar-refractivity contribution in [1.29, 1.82) is 0 Å². The number of aromatic nitrogens is 2. The average molecular weight is 327 g/mol. The van der Waals surface area contributed by atoms with E-state index in [4.69, 9.17) is 4.74 Å². The molecule has 126 valence electrons. The van der Waals surface area contributed by atoms with Crippen molar-refractivity contribution in [2.24, 2.45) is 0 Å².